The Kier molecular flexibility index (Phi) is 4.63. The summed E-state index contributed by atoms with van der Waals surface area (Å²) in [6, 6.07) is 5.32. The standard InChI is InChI=1S/C17H27N3O/c1-13(2)21-16-7-5-10-18-17(16)20-11-4-3-6-15(20)12-19-14-8-9-14/h5,7,10,13-15,19H,3-4,6,8-9,11-12H2,1-2H3. The number of rotatable bonds is 6. The molecule has 0 amide bonds. The zero-order chi connectivity index (χ0) is 14.7. The van der Waals surface area contributed by atoms with E-state index in [1.165, 1.54) is 32.1 Å². The summed E-state index contributed by atoms with van der Waals surface area (Å²) < 4.78 is 5.96. The third-order valence-corrected chi connectivity index (χ3v) is 4.23. The lowest BCUT2D eigenvalue weighted by atomic mass is 10.0. The number of pyridine rings is 1. The average Bonchev–Trinajstić information content (AvgIpc) is 3.30. The van der Waals surface area contributed by atoms with E-state index in [9.17, 15) is 0 Å². The van der Waals surface area contributed by atoms with Crippen LogP contribution < -0.4 is 15.0 Å². The van der Waals surface area contributed by atoms with Gasteiger partial charge in [-0.1, -0.05) is 0 Å². The summed E-state index contributed by atoms with van der Waals surface area (Å²) in [4.78, 5) is 7.08. The molecule has 0 spiro atoms. The molecular weight excluding hydrogens is 262 g/mol. The van der Waals surface area contributed by atoms with Crippen molar-refractivity contribution in [2.75, 3.05) is 18.0 Å². The zero-order valence-electron chi connectivity index (χ0n) is 13.2. The highest BCUT2D eigenvalue weighted by molar-refractivity contribution is 5.53. The second kappa shape index (κ2) is 6.65. The molecule has 2 fully saturated rings. The number of ether oxygens (including phenoxy) is 1. The Balaban J connectivity index is 1.74. The lowest BCUT2D eigenvalue weighted by molar-refractivity contribution is 0.241. The molecule has 1 unspecified atom stereocenters. The van der Waals surface area contributed by atoms with Gasteiger partial charge in [0.25, 0.3) is 0 Å². The maximum Gasteiger partial charge on any atom is 0.171 e. The molecule has 4 nitrogen and oxygen atoms in total. The second-order valence-electron chi connectivity index (χ2n) is 6.52. The molecule has 2 aliphatic rings. The zero-order valence-corrected chi connectivity index (χ0v) is 13.2. The maximum absolute atomic E-state index is 5.96. The minimum absolute atomic E-state index is 0.181. The largest absolute Gasteiger partial charge is 0.487 e. The molecule has 1 saturated heterocycles. The van der Waals surface area contributed by atoms with Crippen LogP contribution in [0.15, 0.2) is 18.3 Å². The van der Waals surface area contributed by atoms with Gasteiger partial charge in [0.05, 0.1) is 6.10 Å². The predicted octanol–water partition coefficient (Wildman–Crippen LogP) is 2.98. The Morgan fingerprint density at radius 2 is 2.19 bits per heavy atom. The molecule has 1 saturated carbocycles. The first-order chi connectivity index (χ1) is 10.2. The lowest BCUT2D eigenvalue weighted by Gasteiger charge is -2.37. The third-order valence-electron chi connectivity index (χ3n) is 4.23. The van der Waals surface area contributed by atoms with Crippen LogP contribution in [-0.2, 0) is 0 Å². The van der Waals surface area contributed by atoms with Crippen LogP contribution in [0.4, 0.5) is 5.82 Å². The molecule has 4 heteroatoms. The van der Waals surface area contributed by atoms with E-state index in [4.69, 9.17) is 4.74 Å². The van der Waals surface area contributed by atoms with Gasteiger partial charge in [-0.2, -0.15) is 0 Å². The Labute approximate surface area is 127 Å². The predicted molar refractivity (Wildman–Crippen MR) is 86.0 cm³/mol. The van der Waals surface area contributed by atoms with E-state index < -0.39 is 0 Å². The van der Waals surface area contributed by atoms with Gasteiger partial charge in [-0.15, -0.1) is 0 Å². The molecule has 0 radical (unpaired) electrons. The van der Waals surface area contributed by atoms with Crippen molar-refractivity contribution in [1.29, 1.82) is 0 Å². The van der Waals surface area contributed by atoms with Crippen molar-refractivity contribution in [3.8, 4) is 5.75 Å². The fraction of sp³-hybridized carbons (Fsp3) is 0.706. The van der Waals surface area contributed by atoms with Gasteiger partial charge in [0, 0.05) is 31.4 Å². The van der Waals surface area contributed by atoms with Gasteiger partial charge in [0.1, 0.15) is 0 Å². The summed E-state index contributed by atoms with van der Waals surface area (Å²) >= 11 is 0. The Hall–Kier alpha value is -1.29. The highest BCUT2D eigenvalue weighted by Crippen LogP contribution is 2.31. The van der Waals surface area contributed by atoms with Crippen molar-refractivity contribution in [1.82, 2.24) is 10.3 Å². The van der Waals surface area contributed by atoms with Crippen LogP contribution in [0.25, 0.3) is 0 Å². The number of hydrogen-bond donors (Lipinski definition) is 1. The van der Waals surface area contributed by atoms with Crippen molar-refractivity contribution >= 4 is 5.82 Å². The molecule has 0 bridgehead atoms. The van der Waals surface area contributed by atoms with Crippen LogP contribution in [0.1, 0.15) is 46.0 Å². The smallest absolute Gasteiger partial charge is 0.171 e. The molecular formula is C17H27N3O. The van der Waals surface area contributed by atoms with Crippen molar-refractivity contribution in [3.05, 3.63) is 18.3 Å². The van der Waals surface area contributed by atoms with E-state index in [1.54, 1.807) is 0 Å². The second-order valence-corrected chi connectivity index (χ2v) is 6.52. The molecule has 1 aliphatic carbocycles. The molecule has 1 N–H and O–H groups in total. The van der Waals surface area contributed by atoms with Crippen LogP contribution in [0.5, 0.6) is 5.75 Å². The number of nitrogens with one attached hydrogen (secondary N) is 1. The first kappa shape index (κ1) is 14.6. The van der Waals surface area contributed by atoms with E-state index >= 15 is 0 Å². The summed E-state index contributed by atoms with van der Waals surface area (Å²) in [6.45, 7) is 6.29. The lowest BCUT2D eigenvalue weighted by Crippen LogP contribution is -2.46. The van der Waals surface area contributed by atoms with Gasteiger partial charge in [-0.05, 0) is 58.1 Å². The molecule has 116 valence electrons. The van der Waals surface area contributed by atoms with Gasteiger partial charge in [0.15, 0.2) is 11.6 Å². The Morgan fingerprint density at radius 1 is 1.33 bits per heavy atom. The first-order valence-electron chi connectivity index (χ1n) is 8.35. The molecule has 0 aromatic carbocycles. The van der Waals surface area contributed by atoms with E-state index in [0.29, 0.717) is 6.04 Å². The average molecular weight is 289 g/mol. The van der Waals surface area contributed by atoms with E-state index in [-0.39, 0.29) is 6.10 Å². The summed E-state index contributed by atoms with van der Waals surface area (Å²) in [5.74, 6) is 1.94. The third kappa shape index (κ3) is 3.88. The van der Waals surface area contributed by atoms with E-state index in [1.807, 2.05) is 18.3 Å². The highest BCUT2D eigenvalue weighted by atomic mass is 16.5. The monoisotopic (exact) mass is 289 g/mol. The van der Waals surface area contributed by atoms with Crippen LogP contribution >= 0.6 is 0 Å². The van der Waals surface area contributed by atoms with Crippen LogP contribution in [0.2, 0.25) is 0 Å². The fourth-order valence-electron chi connectivity index (χ4n) is 3.03. The topological polar surface area (TPSA) is 37.4 Å². The number of nitrogens with zero attached hydrogens (tertiary/aromatic N) is 2. The molecule has 2 heterocycles. The normalized spacial score (nSPS) is 22.6. The van der Waals surface area contributed by atoms with Gasteiger partial charge < -0.3 is 15.0 Å². The highest BCUT2D eigenvalue weighted by Gasteiger charge is 2.28. The van der Waals surface area contributed by atoms with E-state index in [2.05, 4.69) is 29.0 Å². The summed E-state index contributed by atoms with van der Waals surface area (Å²) in [7, 11) is 0. The quantitative estimate of drug-likeness (QED) is 0.873. The Morgan fingerprint density at radius 3 is 2.95 bits per heavy atom. The SMILES string of the molecule is CC(C)Oc1cccnc1N1CCCCC1CNC1CC1. The van der Waals surface area contributed by atoms with Crippen molar-refractivity contribution in [2.24, 2.45) is 0 Å². The van der Waals surface area contributed by atoms with Crippen LogP contribution in [0.3, 0.4) is 0 Å². The van der Waals surface area contributed by atoms with Crippen LogP contribution in [0, 0.1) is 0 Å². The number of anilines is 1. The first-order valence-corrected chi connectivity index (χ1v) is 8.35. The Bertz CT molecular complexity index is 459. The van der Waals surface area contributed by atoms with Crippen molar-refractivity contribution in [3.63, 3.8) is 0 Å². The van der Waals surface area contributed by atoms with E-state index in [0.717, 1.165) is 30.7 Å². The van der Waals surface area contributed by atoms with Crippen molar-refractivity contribution < 1.29 is 4.74 Å². The molecule has 3 rings (SSSR count). The van der Waals surface area contributed by atoms with Gasteiger partial charge in [0.2, 0.25) is 0 Å². The van der Waals surface area contributed by atoms with Gasteiger partial charge in [-0.3, -0.25) is 0 Å². The molecule has 1 aromatic rings. The fourth-order valence-corrected chi connectivity index (χ4v) is 3.03. The minimum atomic E-state index is 0.181. The van der Waals surface area contributed by atoms with Gasteiger partial charge in [-0.25, -0.2) is 4.98 Å². The van der Waals surface area contributed by atoms with Crippen LogP contribution in [-0.4, -0.2) is 36.3 Å². The molecule has 21 heavy (non-hydrogen) atoms. The number of aromatic nitrogens is 1. The maximum atomic E-state index is 5.96. The summed E-state index contributed by atoms with van der Waals surface area (Å²) in [6.07, 6.45) is 8.56. The minimum Gasteiger partial charge on any atom is -0.487 e. The summed E-state index contributed by atoms with van der Waals surface area (Å²) in [5.41, 5.74) is 0. The number of hydrogen-bond acceptors (Lipinski definition) is 4. The number of piperidine rings is 1. The summed E-state index contributed by atoms with van der Waals surface area (Å²) in [5, 5.41) is 3.68. The molecule has 1 atom stereocenters. The molecule has 1 aromatic heterocycles. The van der Waals surface area contributed by atoms with Gasteiger partial charge >= 0.3 is 0 Å². The molecule has 1 aliphatic heterocycles. The van der Waals surface area contributed by atoms with Crippen molar-refractivity contribution in [2.45, 2.75) is 64.1 Å².